The molecule has 1 amide bonds. The van der Waals surface area contributed by atoms with Gasteiger partial charge in [-0.25, -0.2) is 9.37 Å². The summed E-state index contributed by atoms with van der Waals surface area (Å²) in [6.45, 7) is 2.16. The first-order valence-corrected chi connectivity index (χ1v) is 7.59. The molecule has 1 aliphatic rings. The monoisotopic (exact) mass is 371 g/mol. The number of hydrogen-bond acceptors (Lipinski definition) is 4. The number of carbonyl (C=O) groups is 1. The molecule has 1 atom stereocenters. The van der Waals surface area contributed by atoms with Gasteiger partial charge in [0, 0.05) is 30.3 Å². The summed E-state index contributed by atoms with van der Waals surface area (Å²) in [5.41, 5.74) is 2.38. The van der Waals surface area contributed by atoms with Gasteiger partial charge >= 0.3 is 0 Å². The van der Waals surface area contributed by atoms with E-state index >= 15 is 0 Å². The average molecular weight is 372 g/mol. The Morgan fingerprint density at radius 2 is 2.36 bits per heavy atom. The minimum absolute atomic E-state index is 0.00220. The molecular weight excluding hydrogens is 357 g/mol. The predicted octanol–water partition coefficient (Wildman–Crippen LogP) is 1.91. The molecule has 0 fully saturated rings. The number of rotatable bonds is 2. The summed E-state index contributed by atoms with van der Waals surface area (Å²) in [5, 5.41) is 9.05. The number of halogens is 2. The lowest BCUT2D eigenvalue weighted by Gasteiger charge is -2.30. The first-order valence-electron chi connectivity index (χ1n) is 6.80. The number of carbonyl (C=O) groups excluding carboxylic acids is 1. The van der Waals surface area contributed by atoms with Gasteiger partial charge in [-0.3, -0.25) is 4.79 Å². The first-order chi connectivity index (χ1) is 10.5. The number of nitrogens with zero attached hydrogens (tertiary/aromatic N) is 2. The third-order valence-electron chi connectivity index (χ3n) is 3.94. The largest absolute Gasteiger partial charge is 0.480 e. The number of ether oxygens (including phenoxy) is 1. The lowest BCUT2D eigenvalue weighted by Crippen LogP contribution is -2.38. The Hall–Kier alpha value is -1.67. The van der Waals surface area contributed by atoms with E-state index in [9.17, 15) is 9.18 Å². The standard InChI is InChI=1S/C14H15BrFN3O3/c1-6-3-19(8(21)5-20)4-7-11(6)17-13-10(16)9(15)14(22-2)18-12(7)13/h6,17,20H,3-5H2,1-2H3. The van der Waals surface area contributed by atoms with Crippen LogP contribution in [-0.4, -0.2) is 46.1 Å². The summed E-state index contributed by atoms with van der Waals surface area (Å²) < 4.78 is 19.7. The van der Waals surface area contributed by atoms with E-state index in [0.717, 1.165) is 11.3 Å². The zero-order chi connectivity index (χ0) is 16.0. The molecule has 1 unspecified atom stereocenters. The van der Waals surface area contributed by atoms with Gasteiger partial charge in [0.1, 0.15) is 22.1 Å². The number of aliphatic hydroxyl groups is 1. The Morgan fingerprint density at radius 3 is 3.00 bits per heavy atom. The van der Waals surface area contributed by atoms with Gasteiger partial charge in [-0.15, -0.1) is 0 Å². The van der Waals surface area contributed by atoms with Crippen LogP contribution in [0.15, 0.2) is 4.47 Å². The van der Waals surface area contributed by atoms with Crippen LogP contribution in [0.5, 0.6) is 5.88 Å². The molecule has 2 aromatic heterocycles. The van der Waals surface area contributed by atoms with E-state index in [1.54, 1.807) is 4.90 Å². The summed E-state index contributed by atoms with van der Waals surface area (Å²) >= 11 is 3.14. The van der Waals surface area contributed by atoms with Gasteiger partial charge < -0.3 is 19.7 Å². The number of hydrogen-bond donors (Lipinski definition) is 2. The van der Waals surface area contributed by atoms with Crippen LogP contribution < -0.4 is 4.74 Å². The third-order valence-corrected chi connectivity index (χ3v) is 4.63. The zero-order valence-electron chi connectivity index (χ0n) is 12.1. The molecule has 8 heteroatoms. The van der Waals surface area contributed by atoms with Crippen LogP contribution >= 0.6 is 15.9 Å². The van der Waals surface area contributed by atoms with Crippen LogP contribution in [0.25, 0.3) is 11.0 Å². The molecule has 0 aliphatic carbocycles. The number of H-pyrrole nitrogens is 1. The van der Waals surface area contributed by atoms with Crippen molar-refractivity contribution in [2.45, 2.75) is 19.4 Å². The molecule has 0 saturated heterocycles. The fraction of sp³-hybridized carbons (Fsp3) is 0.429. The minimum Gasteiger partial charge on any atom is -0.480 e. The van der Waals surface area contributed by atoms with Crippen molar-refractivity contribution in [1.29, 1.82) is 0 Å². The predicted molar refractivity (Wildman–Crippen MR) is 81.2 cm³/mol. The maximum Gasteiger partial charge on any atom is 0.248 e. The van der Waals surface area contributed by atoms with Crippen molar-refractivity contribution in [2.24, 2.45) is 0 Å². The van der Waals surface area contributed by atoms with Crippen LogP contribution in [0.2, 0.25) is 0 Å². The Labute approximate surface area is 134 Å². The topological polar surface area (TPSA) is 78.5 Å². The molecule has 2 N–H and O–H groups in total. The highest BCUT2D eigenvalue weighted by molar-refractivity contribution is 9.10. The third kappa shape index (κ3) is 2.17. The molecule has 0 bridgehead atoms. The summed E-state index contributed by atoms with van der Waals surface area (Å²) in [7, 11) is 1.42. The normalized spacial score (nSPS) is 17.7. The number of fused-ring (bicyclic) bond motifs is 3. The van der Waals surface area contributed by atoms with Gasteiger partial charge in [-0.1, -0.05) is 6.92 Å². The molecule has 6 nitrogen and oxygen atoms in total. The van der Waals surface area contributed by atoms with Crippen LogP contribution in [0.1, 0.15) is 24.1 Å². The number of amides is 1. The molecule has 118 valence electrons. The number of pyridine rings is 1. The summed E-state index contributed by atoms with van der Waals surface area (Å²) in [4.78, 5) is 20.7. The van der Waals surface area contributed by atoms with Crippen LogP contribution in [0.4, 0.5) is 4.39 Å². The lowest BCUT2D eigenvalue weighted by molar-refractivity contribution is -0.135. The van der Waals surface area contributed by atoms with Crippen molar-refractivity contribution in [2.75, 3.05) is 20.3 Å². The van der Waals surface area contributed by atoms with Crippen molar-refractivity contribution in [3.8, 4) is 5.88 Å². The molecule has 22 heavy (non-hydrogen) atoms. The number of aromatic nitrogens is 2. The molecular formula is C14H15BrFN3O3. The summed E-state index contributed by atoms with van der Waals surface area (Å²) in [6.07, 6.45) is 0. The van der Waals surface area contributed by atoms with Gasteiger partial charge in [-0.2, -0.15) is 0 Å². The Morgan fingerprint density at radius 1 is 1.64 bits per heavy atom. The molecule has 0 spiro atoms. The molecule has 3 rings (SSSR count). The van der Waals surface area contributed by atoms with E-state index < -0.39 is 12.4 Å². The molecule has 1 aliphatic heterocycles. The van der Waals surface area contributed by atoms with Gasteiger partial charge in [0.25, 0.3) is 0 Å². The van der Waals surface area contributed by atoms with Gasteiger partial charge in [0.05, 0.1) is 7.11 Å². The fourth-order valence-electron chi connectivity index (χ4n) is 2.87. The molecule has 3 heterocycles. The second-order valence-corrected chi connectivity index (χ2v) is 6.12. The zero-order valence-corrected chi connectivity index (χ0v) is 13.7. The van der Waals surface area contributed by atoms with Gasteiger partial charge in [0.2, 0.25) is 11.8 Å². The van der Waals surface area contributed by atoms with Crippen LogP contribution in [0, 0.1) is 5.82 Å². The number of aromatic amines is 1. The lowest BCUT2D eigenvalue weighted by atomic mass is 9.98. The van der Waals surface area contributed by atoms with Crippen molar-refractivity contribution in [3.63, 3.8) is 0 Å². The van der Waals surface area contributed by atoms with Crippen LogP contribution in [0.3, 0.4) is 0 Å². The molecule has 0 radical (unpaired) electrons. The van der Waals surface area contributed by atoms with E-state index in [0.29, 0.717) is 17.6 Å². The first kappa shape index (κ1) is 15.2. The summed E-state index contributed by atoms with van der Waals surface area (Å²) in [5.74, 6) is -0.664. The Kier molecular flexibility index (Phi) is 3.82. The highest BCUT2D eigenvalue weighted by Crippen LogP contribution is 2.37. The smallest absolute Gasteiger partial charge is 0.248 e. The van der Waals surface area contributed by atoms with E-state index in [-0.39, 0.29) is 28.7 Å². The summed E-state index contributed by atoms with van der Waals surface area (Å²) in [6, 6.07) is 0. The molecule has 0 saturated carbocycles. The molecule has 0 aromatic carbocycles. The quantitative estimate of drug-likeness (QED) is 0.844. The van der Waals surface area contributed by atoms with E-state index in [2.05, 4.69) is 25.9 Å². The minimum atomic E-state index is -0.541. The highest BCUT2D eigenvalue weighted by atomic mass is 79.9. The number of nitrogens with one attached hydrogen (secondary N) is 1. The number of methoxy groups -OCH3 is 1. The maximum absolute atomic E-state index is 14.5. The second-order valence-electron chi connectivity index (χ2n) is 5.32. The van der Waals surface area contributed by atoms with Crippen LogP contribution in [-0.2, 0) is 11.3 Å². The average Bonchev–Trinajstić information content (AvgIpc) is 2.89. The van der Waals surface area contributed by atoms with Crippen molar-refractivity contribution >= 4 is 32.9 Å². The Bertz CT molecular complexity index is 762. The van der Waals surface area contributed by atoms with E-state index in [1.165, 1.54) is 7.11 Å². The van der Waals surface area contributed by atoms with E-state index in [4.69, 9.17) is 9.84 Å². The van der Waals surface area contributed by atoms with Gasteiger partial charge in [0.15, 0.2) is 5.82 Å². The number of aliphatic hydroxyl groups excluding tert-OH is 1. The highest BCUT2D eigenvalue weighted by Gasteiger charge is 2.31. The van der Waals surface area contributed by atoms with Crippen molar-refractivity contribution < 1.29 is 19.0 Å². The van der Waals surface area contributed by atoms with Gasteiger partial charge in [-0.05, 0) is 15.9 Å². The van der Waals surface area contributed by atoms with Crippen molar-refractivity contribution in [1.82, 2.24) is 14.9 Å². The van der Waals surface area contributed by atoms with Crippen molar-refractivity contribution in [3.05, 3.63) is 21.5 Å². The van der Waals surface area contributed by atoms with E-state index in [1.807, 2.05) is 6.92 Å². The molecule has 2 aromatic rings. The SMILES string of the molecule is COc1nc2c3c([nH]c2c(F)c1Br)C(C)CN(C(=O)CO)C3. The Balaban J connectivity index is 2.19. The second kappa shape index (κ2) is 5.51. The maximum atomic E-state index is 14.5. The fourth-order valence-corrected chi connectivity index (χ4v) is 3.32.